The number of benzene rings is 2. The van der Waals surface area contributed by atoms with Gasteiger partial charge in [-0.3, -0.25) is 0 Å². The summed E-state index contributed by atoms with van der Waals surface area (Å²) in [5.41, 5.74) is 2.89. The van der Waals surface area contributed by atoms with Crippen molar-refractivity contribution in [3.63, 3.8) is 0 Å². The Balaban J connectivity index is 1.95. The number of fused-ring (bicyclic) bond motifs is 1. The highest BCUT2D eigenvalue weighted by molar-refractivity contribution is 6.30. The summed E-state index contributed by atoms with van der Waals surface area (Å²) in [6.07, 6.45) is 2.62. The van der Waals surface area contributed by atoms with E-state index in [1.54, 1.807) is 0 Å². The molecule has 2 fully saturated rings. The zero-order valence-corrected chi connectivity index (χ0v) is 13.3. The SMILES string of the molecule is CCN1BN2CCC[C@H]2C1(c1ccccc1)c1ccccc1. The first kappa shape index (κ1) is 14.0. The van der Waals surface area contributed by atoms with Crippen molar-refractivity contribution in [2.45, 2.75) is 31.3 Å². The number of rotatable bonds is 3. The third kappa shape index (κ3) is 1.89. The topological polar surface area (TPSA) is 6.48 Å². The van der Waals surface area contributed by atoms with Crippen LogP contribution < -0.4 is 0 Å². The average molecular weight is 290 g/mol. The molecule has 2 nitrogen and oxygen atoms in total. The molecule has 2 aromatic carbocycles. The second-order valence-electron chi connectivity index (χ2n) is 6.47. The van der Waals surface area contributed by atoms with Gasteiger partial charge in [-0.1, -0.05) is 67.6 Å². The van der Waals surface area contributed by atoms with Gasteiger partial charge < -0.3 is 9.62 Å². The zero-order chi connectivity index (χ0) is 15.0. The van der Waals surface area contributed by atoms with Crippen LogP contribution in [0.4, 0.5) is 0 Å². The van der Waals surface area contributed by atoms with E-state index in [2.05, 4.69) is 77.2 Å². The molecule has 1 atom stereocenters. The molecule has 0 amide bonds. The molecule has 3 heteroatoms. The van der Waals surface area contributed by atoms with E-state index < -0.39 is 0 Å². The quantitative estimate of drug-likeness (QED) is 0.802. The molecule has 2 aliphatic heterocycles. The van der Waals surface area contributed by atoms with E-state index in [0.717, 1.165) is 14.1 Å². The van der Waals surface area contributed by atoms with Gasteiger partial charge in [0, 0.05) is 6.04 Å². The van der Waals surface area contributed by atoms with E-state index >= 15 is 0 Å². The number of hydrogen-bond acceptors (Lipinski definition) is 2. The standard InChI is InChI=1S/C19H23BN2/c1-2-22-19(16-10-5-3-6-11-16,17-12-7-4-8-13-17)18-14-9-15-21(18)20-22/h3-8,10-13,18,20H,2,9,14-15H2,1H3/t18-/m0/s1. The molecule has 0 spiro atoms. The highest BCUT2D eigenvalue weighted by Gasteiger charge is 2.55. The average Bonchev–Trinajstić information content (AvgIpc) is 3.16. The van der Waals surface area contributed by atoms with Gasteiger partial charge in [-0.25, -0.2) is 0 Å². The van der Waals surface area contributed by atoms with Gasteiger partial charge in [0.15, 0.2) is 0 Å². The third-order valence-corrected chi connectivity index (χ3v) is 5.51. The van der Waals surface area contributed by atoms with Crippen molar-refractivity contribution in [3.05, 3.63) is 71.8 Å². The van der Waals surface area contributed by atoms with Crippen molar-refractivity contribution in [2.75, 3.05) is 13.1 Å². The first-order chi connectivity index (χ1) is 10.9. The molecule has 0 radical (unpaired) electrons. The van der Waals surface area contributed by atoms with Crippen molar-refractivity contribution < 1.29 is 0 Å². The Labute approximate surface area is 134 Å². The smallest absolute Gasteiger partial charge is 0.293 e. The number of hydrogen-bond donors (Lipinski definition) is 0. The second-order valence-corrected chi connectivity index (χ2v) is 6.47. The van der Waals surface area contributed by atoms with Gasteiger partial charge >= 0.3 is 0 Å². The zero-order valence-electron chi connectivity index (χ0n) is 13.3. The van der Waals surface area contributed by atoms with Crippen molar-refractivity contribution in [1.29, 1.82) is 0 Å². The van der Waals surface area contributed by atoms with E-state index in [0.29, 0.717) is 6.04 Å². The minimum atomic E-state index is 0.00771. The van der Waals surface area contributed by atoms with Gasteiger partial charge in [0.25, 0.3) is 7.55 Å². The molecule has 0 bridgehead atoms. The van der Waals surface area contributed by atoms with E-state index in [9.17, 15) is 0 Å². The molecule has 0 N–H and O–H groups in total. The lowest BCUT2D eigenvalue weighted by Crippen LogP contribution is -2.49. The van der Waals surface area contributed by atoms with Gasteiger partial charge in [-0.15, -0.1) is 0 Å². The maximum atomic E-state index is 2.68. The Hall–Kier alpha value is -1.58. The maximum absolute atomic E-state index is 2.68. The lowest BCUT2D eigenvalue weighted by atomic mass is 9.75. The number of likely N-dealkylation sites (N-methyl/N-ethyl adjacent to an activating group) is 1. The van der Waals surface area contributed by atoms with E-state index in [1.807, 2.05) is 0 Å². The van der Waals surface area contributed by atoms with Gasteiger partial charge in [0.05, 0.1) is 5.54 Å². The summed E-state index contributed by atoms with van der Waals surface area (Å²) in [5.74, 6) is 0. The van der Waals surface area contributed by atoms with Crippen molar-refractivity contribution >= 4 is 7.55 Å². The fraction of sp³-hybridized carbons (Fsp3) is 0.368. The Kier molecular flexibility index (Phi) is 3.55. The van der Waals surface area contributed by atoms with Crippen LogP contribution in [-0.2, 0) is 5.54 Å². The van der Waals surface area contributed by atoms with Gasteiger partial charge in [-0.2, -0.15) is 0 Å². The van der Waals surface area contributed by atoms with Crippen LogP contribution in [0.15, 0.2) is 60.7 Å². The fourth-order valence-electron chi connectivity index (χ4n) is 4.66. The monoisotopic (exact) mass is 290 g/mol. The predicted molar refractivity (Wildman–Crippen MR) is 92.9 cm³/mol. The molecule has 2 saturated heterocycles. The van der Waals surface area contributed by atoms with Gasteiger partial charge in [0.2, 0.25) is 0 Å². The molecule has 2 aromatic rings. The van der Waals surface area contributed by atoms with Crippen LogP contribution in [0.1, 0.15) is 30.9 Å². The molecule has 112 valence electrons. The van der Waals surface area contributed by atoms with Crippen LogP contribution >= 0.6 is 0 Å². The molecule has 4 rings (SSSR count). The van der Waals surface area contributed by atoms with Crippen LogP contribution in [-0.4, -0.2) is 36.3 Å². The maximum Gasteiger partial charge on any atom is 0.293 e. The molecular weight excluding hydrogens is 267 g/mol. The molecule has 2 aliphatic rings. The van der Waals surface area contributed by atoms with E-state index in [1.165, 1.54) is 30.5 Å². The summed E-state index contributed by atoms with van der Waals surface area (Å²) in [5, 5.41) is 0. The lowest BCUT2D eigenvalue weighted by molar-refractivity contribution is 0.207. The summed E-state index contributed by atoms with van der Waals surface area (Å²) < 4.78 is 0. The molecule has 0 unspecified atom stereocenters. The van der Waals surface area contributed by atoms with Crippen molar-refractivity contribution in [3.8, 4) is 0 Å². The minimum absolute atomic E-state index is 0.00771. The molecule has 22 heavy (non-hydrogen) atoms. The summed E-state index contributed by atoms with van der Waals surface area (Å²) >= 11 is 0. The highest BCUT2D eigenvalue weighted by Crippen LogP contribution is 2.48. The molecular formula is C19H23BN2. The van der Waals surface area contributed by atoms with Crippen LogP contribution in [0.25, 0.3) is 0 Å². The molecule has 0 aliphatic carbocycles. The summed E-state index contributed by atoms with van der Waals surface area (Å²) in [7, 11) is 1.09. The van der Waals surface area contributed by atoms with Gasteiger partial charge in [-0.05, 0) is 37.1 Å². The Bertz CT molecular complexity index is 589. The molecule has 0 saturated carbocycles. The van der Waals surface area contributed by atoms with Gasteiger partial charge in [0.1, 0.15) is 0 Å². The summed E-state index contributed by atoms with van der Waals surface area (Å²) in [4.78, 5) is 5.35. The first-order valence-corrected chi connectivity index (χ1v) is 8.47. The predicted octanol–water partition coefficient (Wildman–Crippen LogP) is 3.00. The van der Waals surface area contributed by atoms with Crippen LogP contribution in [0.3, 0.4) is 0 Å². The Morgan fingerprint density at radius 1 is 1.00 bits per heavy atom. The fourth-order valence-corrected chi connectivity index (χ4v) is 4.66. The van der Waals surface area contributed by atoms with Crippen molar-refractivity contribution in [2.24, 2.45) is 0 Å². The first-order valence-electron chi connectivity index (χ1n) is 8.47. The Morgan fingerprint density at radius 3 is 2.14 bits per heavy atom. The summed E-state index contributed by atoms with van der Waals surface area (Å²) in [6, 6.07) is 22.9. The minimum Gasteiger partial charge on any atom is -0.326 e. The lowest BCUT2D eigenvalue weighted by Gasteiger charge is -2.43. The highest BCUT2D eigenvalue weighted by atomic mass is 15.4. The van der Waals surface area contributed by atoms with E-state index in [-0.39, 0.29) is 5.54 Å². The van der Waals surface area contributed by atoms with E-state index in [4.69, 9.17) is 0 Å². The van der Waals surface area contributed by atoms with Crippen molar-refractivity contribution in [1.82, 2.24) is 9.62 Å². The van der Waals surface area contributed by atoms with Crippen LogP contribution in [0, 0.1) is 0 Å². The third-order valence-electron chi connectivity index (χ3n) is 5.51. The summed E-state index contributed by atoms with van der Waals surface area (Å²) in [6.45, 7) is 4.61. The largest absolute Gasteiger partial charge is 0.326 e. The molecule has 2 heterocycles. The second kappa shape index (κ2) is 5.56. The number of nitrogens with zero attached hydrogens (tertiary/aromatic N) is 2. The molecule has 0 aromatic heterocycles. The van der Waals surface area contributed by atoms with Crippen LogP contribution in [0.5, 0.6) is 0 Å². The Morgan fingerprint density at radius 2 is 1.59 bits per heavy atom. The normalized spacial score (nSPS) is 24.1. The van der Waals surface area contributed by atoms with Crippen LogP contribution in [0.2, 0.25) is 0 Å².